The summed E-state index contributed by atoms with van der Waals surface area (Å²) in [6.45, 7) is 12.0. The van der Waals surface area contributed by atoms with Gasteiger partial charge in [0, 0.05) is 12.6 Å². The van der Waals surface area contributed by atoms with Crippen molar-refractivity contribution < 1.29 is 0 Å². The van der Waals surface area contributed by atoms with Crippen molar-refractivity contribution in [2.75, 3.05) is 39.3 Å². The first kappa shape index (κ1) is 15.3. The van der Waals surface area contributed by atoms with Crippen molar-refractivity contribution in [2.24, 2.45) is 11.1 Å². The van der Waals surface area contributed by atoms with E-state index in [1.165, 1.54) is 71.2 Å². The molecule has 1 unspecified atom stereocenters. The highest BCUT2D eigenvalue weighted by Crippen LogP contribution is 2.23. The molecule has 0 amide bonds. The second kappa shape index (κ2) is 7.05. The molecule has 0 bridgehead atoms. The second-order valence-electron chi connectivity index (χ2n) is 7.31. The Kier molecular flexibility index (Phi) is 5.67. The summed E-state index contributed by atoms with van der Waals surface area (Å²) in [6.07, 6.45) is 8.23. The van der Waals surface area contributed by atoms with Crippen molar-refractivity contribution in [2.45, 2.75) is 58.4 Å². The van der Waals surface area contributed by atoms with Crippen LogP contribution in [0.4, 0.5) is 0 Å². The van der Waals surface area contributed by atoms with E-state index in [-0.39, 0.29) is 0 Å². The molecule has 3 nitrogen and oxygen atoms in total. The van der Waals surface area contributed by atoms with Gasteiger partial charge in [-0.05, 0) is 70.2 Å². The lowest BCUT2D eigenvalue weighted by Gasteiger charge is -2.32. The summed E-state index contributed by atoms with van der Waals surface area (Å²) in [5, 5.41) is 0. The third kappa shape index (κ3) is 4.73. The van der Waals surface area contributed by atoms with E-state index in [1.54, 1.807) is 0 Å². The number of hydrogen-bond acceptors (Lipinski definition) is 3. The average molecular weight is 267 g/mol. The van der Waals surface area contributed by atoms with Crippen molar-refractivity contribution >= 4 is 0 Å². The highest BCUT2D eigenvalue weighted by molar-refractivity contribution is 4.85. The van der Waals surface area contributed by atoms with Crippen LogP contribution < -0.4 is 5.73 Å². The van der Waals surface area contributed by atoms with Gasteiger partial charge in [0.1, 0.15) is 0 Å². The van der Waals surface area contributed by atoms with E-state index in [9.17, 15) is 0 Å². The molecule has 0 aliphatic carbocycles. The van der Waals surface area contributed by atoms with Crippen molar-refractivity contribution in [3.8, 4) is 0 Å². The van der Waals surface area contributed by atoms with Crippen LogP contribution in [0.3, 0.4) is 0 Å². The summed E-state index contributed by atoms with van der Waals surface area (Å²) in [4.78, 5) is 5.42. The lowest BCUT2D eigenvalue weighted by molar-refractivity contribution is 0.161. The van der Waals surface area contributed by atoms with E-state index >= 15 is 0 Å². The Labute approximate surface area is 119 Å². The molecule has 112 valence electrons. The smallest absolute Gasteiger partial charge is 0.0235 e. The molecule has 2 saturated heterocycles. The van der Waals surface area contributed by atoms with Gasteiger partial charge in [-0.15, -0.1) is 0 Å². The molecule has 19 heavy (non-hydrogen) atoms. The summed E-state index contributed by atoms with van der Waals surface area (Å²) in [5.74, 6) is 0. The summed E-state index contributed by atoms with van der Waals surface area (Å²) in [6, 6.07) is 0.850. The first-order chi connectivity index (χ1) is 9.11. The average Bonchev–Trinajstić information content (AvgIpc) is 2.88. The zero-order valence-electron chi connectivity index (χ0n) is 13.0. The maximum atomic E-state index is 5.80. The molecular weight excluding hydrogens is 234 g/mol. The monoisotopic (exact) mass is 267 g/mol. The first-order valence-electron chi connectivity index (χ1n) is 8.27. The number of nitrogens with zero attached hydrogens (tertiary/aromatic N) is 2. The van der Waals surface area contributed by atoms with Gasteiger partial charge in [0.15, 0.2) is 0 Å². The Balaban J connectivity index is 1.64. The maximum absolute atomic E-state index is 5.80. The third-order valence-electron chi connectivity index (χ3n) is 5.04. The van der Waals surface area contributed by atoms with Crippen molar-refractivity contribution in [1.29, 1.82) is 0 Å². The molecular formula is C16H33N3. The SMILES string of the molecule is CC(C)(CN)CCCN1CCC(N2CCCCC2)C1. The van der Waals surface area contributed by atoms with Gasteiger partial charge < -0.3 is 10.6 Å². The number of rotatable bonds is 6. The molecule has 2 N–H and O–H groups in total. The molecule has 2 aliphatic rings. The highest BCUT2D eigenvalue weighted by Gasteiger charge is 2.28. The van der Waals surface area contributed by atoms with Gasteiger partial charge in [-0.1, -0.05) is 20.3 Å². The number of nitrogens with two attached hydrogens (primary N) is 1. The fourth-order valence-electron chi connectivity index (χ4n) is 3.48. The van der Waals surface area contributed by atoms with E-state index in [2.05, 4.69) is 23.6 Å². The first-order valence-corrected chi connectivity index (χ1v) is 8.27. The minimum absolute atomic E-state index is 0.325. The van der Waals surface area contributed by atoms with E-state index in [1.807, 2.05) is 0 Å². The van der Waals surface area contributed by atoms with Crippen LogP contribution in [0.5, 0.6) is 0 Å². The van der Waals surface area contributed by atoms with Gasteiger partial charge in [-0.25, -0.2) is 0 Å². The minimum Gasteiger partial charge on any atom is -0.330 e. The van der Waals surface area contributed by atoms with Crippen LogP contribution >= 0.6 is 0 Å². The van der Waals surface area contributed by atoms with Gasteiger partial charge in [-0.2, -0.15) is 0 Å². The van der Waals surface area contributed by atoms with Crippen LogP contribution in [-0.2, 0) is 0 Å². The summed E-state index contributed by atoms with van der Waals surface area (Å²) in [5.41, 5.74) is 6.13. The van der Waals surface area contributed by atoms with Crippen LogP contribution in [0, 0.1) is 5.41 Å². The van der Waals surface area contributed by atoms with Gasteiger partial charge in [0.05, 0.1) is 0 Å². The zero-order valence-corrected chi connectivity index (χ0v) is 13.0. The Morgan fingerprint density at radius 3 is 2.53 bits per heavy atom. The second-order valence-corrected chi connectivity index (χ2v) is 7.31. The zero-order chi connectivity index (χ0) is 13.7. The van der Waals surface area contributed by atoms with Gasteiger partial charge in [0.2, 0.25) is 0 Å². The van der Waals surface area contributed by atoms with Crippen molar-refractivity contribution in [1.82, 2.24) is 9.80 Å². The van der Waals surface area contributed by atoms with Crippen molar-refractivity contribution in [3.63, 3.8) is 0 Å². The fraction of sp³-hybridized carbons (Fsp3) is 1.00. The summed E-state index contributed by atoms with van der Waals surface area (Å²) >= 11 is 0. The van der Waals surface area contributed by atoms with E-state index in [4.69, 9.17) is 5.73 Å². The van der Waals surface area contributed by atoms with Gasteiger partial charge >= 0.3 is 0 Å². The van der Waals surface area contributed by atoms with Crippen LogP contribution in [0.15, 0.2) is 0 Å². The van der Waals surface area contributed by atoms with Gasteiger partial charge in [-0.3, -0.25) is 4.90 Å². The summed E-state index contributed by atoms with van der Waals surface area (Å²) in [7, 11) is 0. The molecule has 2 rings (SSSR count). The largest absolute Gasteiger partial charge is 0.330 e. The van der Waals surface area contributed by atoms with Gasteiger partial charge in [0.25, 0.3) is 0 Å². The lowest BCUT2D eigenvalue weighted by Crippen LogP contribution is -2.41. The third-order valence-corrected chi connectivity index (χ3v) is 5.04. The molecule has 2 aliphatic heterocycles. The Hall–Kier alpha value is -0.120. The van der Waals surface area contributed by atoms with Crippen LogP contribution in [0.1, 0.15) is 52.4 Å². The predicted molar refractivity (Wildman–Crippen MR) is 82.3 cm³/mol. The van der Waals surface area contributed by atoms with E-state index in [0.717, 1.165) is 12.6 Å². The number of likely N-dealkylation sites (tertiary alicyclic amines) is 2. The van der Waals surface area contributed by atoms with E-state index in [0.29, 0.717) is 5.41 Å². The van der Waals surface area contributed by atoms with Crippen molar-refractivity contribution in [3.05, 3.63) is 0 Å². The minimum atomic E-state index is 0.325. The molecule has 2 heterocycles. The van der Waals surface area contributed by atoms with Crippen LogP contribution in [0.2, 0.25) is 0 Å². The molecule has 1 atom stereocenters. The maximum Gasteiger partial charge on any atom is 0.0235 e. The topological polar surface area (TPSA) is 32.5 Å². The number of hydrogen-bond donors (Lipinski definition) is 1. The molecule has 0 spiro atoms. The van der Waals surface area contributed by atoms with Crippen LogP contribution in [-0.4, -0.2) is 55.1 Å². The van der Waals surface area contributed by atoms with E-state index < -0.39 is 0 Å². The lowest BCUT2D eigenvalue weighted by atomic mass is 9.88. The molecule has 0 radical (unpaired) electrons. The molecule has 0 aromatic carbocycles. The number of piperidine rings is 1. The Bertz CT molecular complexity index is 259. The quantitative estimate of drug-likeness (QED) is 0.801. The Morgan fingerprint density at radius 1 is 1.11 bits per heavy atom. The summed E-state index contributed by atoms with van der Waals surface area (Å²) < 4.78 is 0. The standard InChI is InChI=1S/C16H33N3/c1-16(2,14-17)8-6-9-18-12-7-15(13-18)19-10-4-3-5-11-19/h15H,3-14,17H2,1-2H3. The Morgan fingerprint density at radius 2 is 1.84 bits per heavy atom. The fourth-order valence-corrected chi connectivity index (χ4v) is 3.48. The molecule has 3 heteroatoms. The molecule has 0 aromatic heterocycles. The highest BCUT2D eigenvalue weighted by atomic mass is 15.3. The molecule has 0 saturated carbocycles. The molecule has 2 fully saturated rings. The normalized spacial score (nSPS) is 27.0. The molecule has 0 aromatic rings. The predicted octanol–water partition coefficient (Wildman–Crippen LogP) is 2.31. The van der Waals surface area contributed by atoms with Crippen LogP contribution in [0.25, 0.3) is 0 Å².